The molecule has 0 unspecified atom stereocenters. The number of fused-ring (bicyclic) bond motifs is 4. The van der Waals surface area contributed by atoms with Crippen molar-refractivity contribution >= 4 is 21.5 Å². The molecule has 0 aromatic heterocycles. The maximum absolute atomic E-state index is 2.22. The molecule has 5 aromatic carbocycles. The Bertz CT molecular complexity index is 1110. The molecule has 1 aliphatic rings. The molecule has 0 spiro atoms. The van der Waals surface area contributed by atoms with E-state index in [0.29, 0.717) is 0 Å². The van der Waals surface area contributed by atoms with E-state index in [9.17, 15) is 0 Å². The molecule has 5 aromatic rings. The van der Waals surface area contributed by atoms with Gasteiger partial charge in [-0.15, -0.1) is 0 Å². The maximum atomic E-state index is 2.22. The lowest BCUT2D eigenvalue weighted by Crippen LogP contribution is -1.73. The summed E-state index contributed by atoms with van der Waals surface area (Å²) in [4.78, 5) is 0. The number of hydrogen-bond donors (Lipinski definition) is 0. The third-order valence-electron chi connectivity index (χ3n) is 5.07. The second kappa shape index (κ2) is 6.16. The monoisotopic (exact) mass is 330 g/mol. The van der Waals surface area contributed by atoms with E-state index in [-0.39, 0.29) is 0 Å². The Morgan fingerprint density at radius 3 is 1.08 bits per heavy atom. The van der Waals surface area contributed by atoms with E-state index in [2.05, 4.69) is 109 Å². The Labute approximate surface area is 153 Å². The highest BCUT2D eigenvalue weighted by atomic mass is 14.2. The van der Waals surface area contributed by atoms with Crippen LogP contribution in [0.2, 0.25) is 0 Å². The van der Waals surface area contributed by atoms with E-state index < -0.39 is 0 Å². The van der Waals surface area contributed by atoms with Gasteiger partial charge in [0.15, 0.2) is 0 Å². The highest BCUT2D eigenvalue weighted by Crippen LogP contribution is 2.46. The van der Waals surface area contributed by atoms with Crippen LogP contribution < -0.4 is 0 Å². The van der Waals surface area contributed by atoms with E-state index in [1.165, 1.54) is 43.8 Å². The first-order valence-corrected chi connectivity index (χ1v) is 8.97. The predicted molar refractivity (Wildman–Crippen MR) is 112 cm³/mol. The minimum absolute atomic E-state index is 1.31. The molecule has 6 rings (SSSR count). The maximum Gasteiger partial charge on any atom is -0.00264 e. The smallest absolute Gasteiger partial charge is 0.00264 e. The zero-order valence-electron chi connectivity index (χ0n) is 14.4. The topological polar surface area (TPSA) is 0 Å². The second-order valence-electron chi connectivity index (χ2n) is 6.60. The molecule has 0 amide bonds. The molecule has 0 nitrogen and oxygen atoms in total. The summed E-state index contributed by atoms with van der Waals surface area (Å²) < 4.78 is 0. The SMILES string of the molecule is c1ccc2c(c1)-c1cccc3cccc-2c13.c1ccc2ccccc2c1. The van der Waals surface area contributed by atoms with Crippen LogP contribution in [-0.2, 0) is 0 Å². The molecule has 0 N–H and O–H groups in total. The van der Waals surface area contributed by atoms with Crippen molar-refractivity contribution in [1.29, 1.82) is 0 Å². The normalized spacial score (nSPS) is 11.1. The lowest BCUT2D eigenvalue weighted by atomic mass is 10.0. The minimum Gasteiger partial charge on any atom is -0.0616 e. The highest BCUT2D eigenvalue weighted by Gasteiger charge is 2.19. The van der Waals surface area contributed by atoms with Gasteiger partial charge in [-0.1, -0.05) is 109 Å². The number of benzene rings is 5. The van der Waals surface area contributed by atoms with Crippen LogP contribution in [0.25, 0.3) is 43.8 Å². The molecule has 0 saturated carbocycles. The molecule has 0 radical (unpaired) electrons. The highest BCUT2D eigenvalue weighted by molar-refractivity contribution is 6.15. The van der Waals surface area contributed by atoms with Gasteiger partial charge in [-0.3, -0.25) is 0 Å². The summed E-state index contributed by atoms with van der Waals surface area (Å²) in [6.07, 6.45) is 0. The van der Waals surface area contributed by atoms with Crippen LogP contribution >= 0.6 is 0 Å². The fraction of sp³-hybridized carbons (Fsp3) is 0. The van der Waals surface area contributed by atoms with Crippen molar-refractivity contribution in [3.8, 4) is 22.3 Å². The number of rotatable bonds is 0. The molecule has 0 heteroatoms. The Hall–Kier alpha value is -3.38. The van der Waals surface area contributed by atoms with Gasteiger partial charge in [0.2, 0.25) is 0 Å². The van der Waals surface area contributed by atoms with Gasteiger partial charge in [0, 0.05) is 0 Å². The van der Waals surface area contributed by atoms with Gasteiger partial charge < -0.3 is 0 Å². The van der Waals surface area contributed by atoms with Crippen molar-refractivity contribution < 1.29 is 0 Å². The average molecular weight is 330 g/mol. The average Bonchev–Trinajstić information content (AvgIpc) is 3.05. The molecule has 122 valence electrons. The summed E-state index contributed by atoms with van der Waals surface area (Å²) in [6, 6.07) is 38.5. The summed E-state index contributed by atoms with van der Waals surface area (Å²) in [5, 5.41) is 5.37. The van der Waals surface area contributed by atoms with Crippen molar-refractivity contribution in [3.05, 3.63) is 109 Å². The van der Waals surface area contributed by atoms with E-state index >= 15 is 0 Å². The Kier molecular flexibility index (Phi) is 3.54. The molecule has 0 saturated heterocycles. The molecule has 1 aliphatic carbocycles. The van der Waals surface area contributed by atoms with E-state index in [4.69, 9.17) is 0 Å². The molecule has 0 atom stereocenters. The Balaban J connectivity index is 0.000000129. The van der Waals surface area contributed by atoms with Gasteiger partial charge in [-0.25, -0.2) is 0 Å². The molecule has 0 bridgehead atoms. The molecular weight excluding hydrogens is 312 g/mol. The lowest BCUT2D eigenvalue weighted by Gasteiger charge is -2.00. The van der Waals surface area contributed by atoms with E-state index in [1.807, 2.05) is 0 Å². The quantitative estimate of drug-likeness (QED) is 0.273. The van der Waals surface area contributed by atoms with Gasteiger partial charge >= 0.3 is 0 Å². The van der Waals surface area contributed by atoms with Crippen molar-refractivity contribution in [2.45, 2.75) is 0 Å². The van der Waals surface area contributed by atoms with Crippen molar-refractivity contribution in [3.63, 3.8) is 0 Å². The van der Waals surface area contributed by atoms with Crippen LogP contribution in [0.3, 0.4) is 0 Å². The number of hydrogen-bond acceptors (Lipinski definition) is 0. The van der Waals surface area contributed by atoms with Crippen LogP contribution in [0.4, 0.5) is 0 Å². The summed E-state index contributed by atoms with van der Waals surface area (Å²) in [6.45, 7) is 0. The van der Waals surface area contributed by atoms with Crippen LogP contribution in [0.15, 0.2) is 109 Å². The third-order valence-corrected chi connectivity index (χ3v) is 5.07. The first-order chi connectivity index (χ1) is 12.9. The third kappa shape index (κ3) is 2.39. The van der Waals surface area contributed by atoms with Gasteiger partial charge in [-0.2, -0.15) is 0 Å². The summed E-state index contributed by atoms with van der Waals surface area (Å²) in [7, 11) is 0. The second-order valence-corrected chi connectivity index (χ2v) is 6.60. The standard InChI is InChI=1S/C16H10.C10H8/c1-2-8-13-12(7-1)14-9-3-5-11-6-4-10-15(13)16(11)14;1-2-6-10-8-4-3-7-9(10)5-1/h1-10H;1-8H. The van der Waals surface area contributed by atoms with Gasteiger partial charge in [0.25, 0.3) is 0 Å². The van der Waals surface area contributed by atoms with Crippen molar-refractivity contribution in [2.24, 2.45) is 0 Å². The fourth-order valence-electron chi connectivity index (χ4n) is 3.88. The summed E-state index contributed by atoms with van der Waals surface area (Å²) in [5.74, 6) is 0. The minimum atomic E-state index is 1.31. The molecule has 0 aliphatic heterocycles. The van der Waals surface area contributed by atoms with Gasteiger partial charge in [0.05, 0.1) is 0 Å². The van der Waals surface area contributed by atoms with Crippen molar-refractivity contribution in [1.82, 2.24) is 0 Å². The predicted octanol–water partition coefficient (Wildman–Crippen LogP) is 7.33. The Morgan fingerprint density at radius 2 is 0.615 bits per heavy atom. The van der Waals surface area contributed by atoms with Crippen LogP contribution in [0.1, 0.15) is 0 Å². The van der Waals surface area contributed by atoms with Gasteiger partial charge in [-0.05, 0) is 43.8 Å². The van der Waals surface area contributed by atoms with Crippen LogP contribution in [-0.4, -0.2) is 0 Å². The summed E-state index contributed by atoms with van der Waals surface area (Å²) >= 11 is 0. The molecule has 0 heterocycles. The molecule has 0 fully saturated rings. The zero-order valence-corrected chi connectivity index (χ0v) is 14.4. The fourth-order valence-corrected chi connectivity index (χ4v) is 3.88. The van der Waals surface area contributed by atoms with Crippen LogP contribution in [0, 0.1) is 0 Å². The first-order valence-electron chi connectivity index (χ1n) is 8.97. The Morgan fingerprint density at radius 1 is 0.269 bits per heavy atom. The van der Waals surface area contributed by atoms with E-state index in [0.717, 1.165) is 0 Å². The summed E-state index contributed by atoms with van der Waals surface area (Å²) in [5.41, 5.74) is 5.50. The molecule has 26 heavy (non-hydrogen) atoms. The van der Waals surface area contributed by atoms with Crippen molar-refractivity contribution in [2.75, 3.05) is 0 Å². The zero-order chi connectivity index (χ0) is 17.3. The molecular formula is C26H18. The first kappa shape index (κ1) is 14.9. The largest absolute Gasteiger partial charge is 0.0616 e. The lowest BCUT2D eigenvalue weighted by molar-refractivity contribution is 1.70. The van der Waals surface area contributed by atoms with Crippen LogP contribution in [0.5, 0.6) is 0 Å². The van der Waals surface area contributed by atoms with E-state index in [1.54, 1.807) is 0 Å². The van der Waals surface area contributed by atoms with Gasteiger partial charge in [0.1, 0.15) is 0 Å².